The summed E-state index contributed by atoms with van der Waals surface area (Å²) in [6.45, 7) is 5.02. The van der Waals surface area contributed by atoms with Crippen LogP contribution in [0.5, 0.6) is 11.5 Å². The molecule has 1 aliphatic heterocycles. The van der Waals surface area contributed by atoms with Crippen molar-refractivity contribution in [2.75, 3.05) is 20.3 Å². The van der Waals surface area contributed by atoms with Gasteiger partial charge in [-0.1, -0.05) is 60.2 Å². The van der Waals surface area contributed by atoms with Crippen LogP contribution < -0.4 is 9.47 Å². The minimum absolute atomic E-state index is 0.0583. The van der Waals surface area contributed by atoms with Crippen LogP contribution in [0.15, 0.2) is 82.7 Å². The first-order valence-corrected chi connectivity index (χ1v) is 12.1. The second-order valence-corrected chi connectivity index (χ2v) is 8.85. The summed E-state index contributed by atoms with van der Waals surface area (Å²) >= 11 is 1.39. The van der Waals surface area contributed by atoms with Gasteiger partial charge in [0.05, 0.1) is 24.3 Å². The van der Waals surface area contributed by atoms with Crippen molar-refractivity contribution in [2.24, 2.45) is 4.99 Å². The van der Waals surface area contributed by atoms with Crippen LogP contribution >= 0.6 is 11.8 Å². The Balaban J connectivity index is 1.68. The van der Waals surface area contributed by atoms with Crippen molar-refractivity contribution < 1.29 is 14.3 Å². The molecule has 0 radical (unpaired) electrons. The molecule has 0 N–H and O–H groups in total. The topological polar surface area (TPSA) is 51.1 Å². The maximum atomic E-state index is 13.5. The Morgan fingerprint density at radius 3 is 2.47 bits per heavy atom. The number of amides is 1. The molecule has 174 valence electrons. The predicted molar refractivity (Wildman–Crippen MR) is 140 cm³/mol. The number of carbonyl (C=O) groups is 1. The number of methoxy groups -OCH3 is 1. The monoisotopic (exact) mass is 472 g/mol. The minimum Gasteiger partial charge on any atom is -0.493 e. The van der Waals surface area contributed by atoms with E-state index in [-0.39, 0.29) is 5.91 Å². The van der Waals surface area contributed by atoms with Crippen molar-refractivity contribution in [3.63, 3.8) is 0 Å². The van der Waals surface area contributed by atoms with E-state index in [4.69, 9.17) is 14.5 Å². The molecule has 0 saturated carbocycles. The van der Waals surface area contributed by atoms with Gasteiger partial charge in [0.1, 0.15) is 0 Å². The third-order valence-electron chi connectivity index (χ3n) is 5.42. The smallest absolute Gasteiger partial charge is 0.266 e. The van der Waals surface area contributed by atoms with E-state index >= 15 is 0 Å². The number of rotatable bonds is 8. The van der Waals surface area contributed by atoms with E-state index in [2.05, 4.69) is 12.1 Å². The van der Waals surface area contributed by atoms with E-state index in [0.29, 0.717) is 34.7 Å². The number of amidine groups is 1. The maximum absolute atomic E-state index is 13.5. The van der Waals surface area contributed by atoms with Gasteiger partial charge in [0.25, 0.3) is 5.91 Å². The van der Waals surface area contributed by atoms with E-state index in [1.165, 1.54) is 22.9 Å². The number of aliphatic imine (C=N–C) groups is 1. The first kappa shape index (κ1) is 23.6. The van der Waals surface area contributed by atoms with Gasteiger partial charge in [-0.2, -0.15) is 0 Å². The number of thioether (sulfide) groups is 1. The van der Waals surface area contributed by atoms with E-state index < -0.39 is 0 Å². The first-order valence-electron chi connectivity index (χ1n) is 11.3. The zero-order valence-corrected chi connectivity index (χ0v) is 20.5. The van der Waals surface area contributed by atoms with Crippen molar-refractivity contribution in [1.29, 1.82) is 0 Å². The van der Waals surface area contributed by atoms with E-state index in [1.807, 2.05) is 80.6 Å². The van der Waals surface area contributed by atoms with Crippen LogP contribution in [-0.2, 0) is 11.2 Å². The van der Waals surface area contributed by atoms with Crippen molar-refractivity contribution in [2.45, 2.75) is 20.3 Å². The lowest BCUT2D eigenvalue weighted by Gasteiger charge is -2.15. The van der Waals surface area contributed by atoms with Crippen LogP contribution in [0.1, 0.15) is 23.6 Å². The largest absolute Gasteiger partial charge is 0.493 e. The predicted octanol–water partition coefficient (Wildman–Crippen LogP) is 6.25. The first-order chi connectivity index (χ1) is 16.6. The number of nitrogens with zero attached hydrogens (tertiary/aromatic N) is 2. The molecule has 3 aromatic rings. The fourth-order valence-electron chi connectivity index (χ4n) is 3.65. The minimum atomic E-state index is -0.0583. The SMILES string of the molecule is CCOc1c(/C=C2/SC(=Nc3ccc(C)cc3)N(CCc3ccccc3)C2=O)cccc1OC. The van der Waals surface area contributed by atoms with E-state index in [1.54, 1.807) is 12.0 Å². The number of ether oxygens (including phenoxy) is 2. The van der Waals surface area contributed by atoms with Crippen LogP contribution in [0.3, 0.4) is 0 Å². The highest BCUT2D eigenvalue weighted by atomic mass is 32.2. The molecule has 1 heterocycles. The summed E-state index contributed by atoms with van der Waals surface area (Å²) in [7, 11) is 1.61. The lowest BCUT2D eigenvalue weighted by molar-refractivity contribution is -0.122. The van der Waals surface area contributed by atoms with Crippen molar-refractivity contribution in [3.05, 3.63) is 94.4 Å². The molecule has 0 spiro atoms. The second kappa shape index (κ2) is 11.1. The summed E-state index contributed by atoms with van der Waals surface area (Å²) in [6, 6.07) is 23.8. The molecule has 0 unspecified atom stereocenters. The number of para-hydroxylation sites is 1. The summed E-state index contributed by atoms with van der Waals surface area (Å²) in [5, 5.41) is 0.678. The molecule has 5 nitrogen and oxygen atoms in total. The average Bonchev–Trinajstić information content (AvgIpc) is 3.14. The molecule has 3 aromatic carbocycles. The summed E-state index contributed by atoms with van der Waals surface area (Å²) in [4.78, 5) is 20.7. The third-order valence-corrected chi connectivity index (χ3v) is 6.42. The standard InChI is InChI=1S/C28H28N2O3S/c1-4-33-26-22(11-8-12-24(26)32-3)19-25-27(31)30(18-17-21-9-6-5-7-10-21)28(34-25)29-23-15-13-20(2)14-16-23/h5-16,19H,4,17-18H2,1-3H3/b25-19+,29-28?. The van der Waals surface area contributed by atoms with Crippen LogP contribution in [0, 0.1) is 6.92 Å². The normalized spacial score (nSPS) is 15.9. The van der Waals surface area contributed by atoms with Crippen molar-refractivity contribution >= 4 is 34.6 Å². The van der Waals surface area contributed by atoms with Gasteiger partial charge in [0.15, 0.2) is 16.7 Å². The fourth-order valence-corrected chi connectivity index (χ4v) is 4.67. The highest BCUT2D eigenvalue weighted by molar-refractivity contribution is 8.18. The molecule has 1 saturated heterocycles. The number of benzene rings is 3. The second-order valence-electron chi connectivity index (χ2n) is 7.84. The molecule has 0 aromatic heterocycles. The highest BCUT2D eigenvalue weighted by Crippen LogP contribution is 2.38. The number of hydrogen-bond donors (Lipinski definition) is 0. The Hall–Kier alpha value is -3.51. The zero-order valence-electron chi connectivity index (χ0n) is 19.7. The number of aryl methyl sites for hydroxylation is 1. The highest BCUT2D eigenvalue weighted by Gasteiger charge is 2.33. The van der Waals surface area contributed by atoms with Gasteiger partial charge in [-0.05, 0) is 61.9 Å². The van der Waals surface area contributed by atoms with E-state index in [0.717, 1.165) is 17.7 Å². The zero-order chi connectivity index (χ0) is 23.9. The third kappa shape index (κ3) is 5.51. The fraction of sp³-hybridized carbons (Fsp3) is 0.214. The molecular formula is C28H28N2O3S. The average molecular weight is 473 g/mol. The van der Waals surface area contributed by atoms with E-state index in [9.17, 15) is 4.79 Å². The van der Waals surface area contributed by atoms with Gasteiger partial charge in [-0.25, -0.2) is 4.99 Å². The molecule has 34 heavy (non-hydrogen) atoms. The lowest BCUT2D eigenvalue weighted by atomic mass is 10.1. The molecule has 1 aliphatic rings. The summed E-state index contributed by atoms with van der Waals surface area (Å²) in [5.74, 6) is 1.21. The quantitative estimate of drug-likeness (QED) is 0.364. The van der Waals surface area contributed by atoms with Gasteiger partial charge in [0.2, 0.25) is 0 Å². The summed E-state index contributed by atoms with van der Waals surface area (Å²) in [5.41, 5.74) is 3.97. The summed E-state index contributed by atoms with van der Waals surface area (Å²) in [6.07, 6.45) is 2.62. The molecule has 1 amide bonds. The molecule has 0 atom stereocenters. The van der Waals surface area contributed by atoms with Gasteiger partial charge < -0.3 is 9.47 Å². The molecule has 1 fully saturated rings. The number of hydrogen-bond acceptors (Lipinski definition) is 5. The molecule has 4 rings (SSSR count). The van der Waals surface area contributed by atoms with Gasteiger partial charge in [-0.3, -0.25) is 9.69 Å². The Kier molecular flexibility index (Phi) is 7.70. The van der Waals surface area contributed by atoms with Crippen LogP contribution in [-0.4, -0.2) is 36.2 Å². The van der Waals surface area contributed by atoms with Crippen molar-refractivity contribution in [3.8, 4) is 11.5 Å². The Bertz CT molecular complexity index is 1200. The molecule has 6 heteroatoms. The Morgan fingerprint density at radius 1 is 1.00 bits per heavy atom. The van der Waals surface area contributed by atoms with Crippen LogP contribution in [0.2, 0.25) is 0 Å². The van der Waals surface area contributed by atoms with Crippen molar-refractivity contribution in [1.82, 2.24) is 4.90 Å². The lowest BCUT2D eigenvalue weighted by Crippen LogP contribution is -2.31. The molecular weight excluding hydrogens is 444 g/mol. The van der Waals surface area contributed by atoms with Crippen LogP contribution in [0.4, 0.5) is 5.69 Å². The van der Waals surface area contributed by atoms with Crippen LogP contribution in [0.25, 0.3) is 6.08 Å². The van der Waals surface area contributed by atoms with Gasteiger partial charge >= 0.3 is 0 Å². The number of carbonyl (C=O) groups excluding carboxylic acids is 1. The van der Waals surface area contributed by atoms with Gasteiger partial charge in [0, 0.05) is 12.1 Å². The summed E-state index contributed by atoms with van der Waals surface area (Å²) < 4.78 is 11.3. The Morgan fingerprint density at radius 2 is 1.76 bits per heavy atom. The molecule has 0 bridgehead atoms. The maximum Gasteiger partial charge on any atom is 0.266 e. The Labute approximate surface area is 205 Å². The van der Waals surface area contributed by atoms with Gasteiger partial charge in [-0.15, -0.1) is 0 Å². The molecule has 0 aliphatic carbocycles.